The van der Waals surface area contributed by atoms with E-state index in [9.17, 15) is 4.79 Å². The Balaban J connectivity index is 2.20. The molecule has 0 saturated heterocycles. The topological polar surface area (TPSA) is 22.0 Å². The molecule has 2 heterocycles. The Hall–Kier alpha value is -2.09. The third-order valence-electron chi connectivity index (χ3n) is 2.63. The Bertz CT molecular complexity index is 549. The fraction of sp³-hybridized carbons (Fsp3) is 0. The Morgan fingerprint density at radius 1 is 0.933 bits per heavy atom. The van der Waals surface area contributed by atoms with Crippen LogP contribution < -0.4 is 0 Å². The van der Waals surface area contributed by atoms with Crippen LogP contribution in [0.4, 0.5) is 0 Å². The summed E-state index contributed by atoms with van der Waals surface area (Å²) in [6, 6.07) is 12.1. The molecule has 0 atom stereocenters. The quantitative estimate of drug-likeness (QED) is 0.685. The average Bonchev–Trinajstić information content (AvgIpc) is 2.83. The number of fused-ring (bicyclic) bond motifs is 1. The van der Waals surface area contributed by atoms with Crippen molar-refractivity contribution >= 4 is 12.0 Å². The van der Waals surface area contributed by atoms with Gasteiger partial charge in [0.1, 0.15) is 0 Å². The fourth-order valence-electron chi connectivity index (χ4n) is 1.90. The van der Waals surface area contributed by atoms with Crippen LogP contribution in [0.5, 0.6) is 0 Å². The molecule has 0 bridgehead atoms. The Morgan fingerprint density at radius 3 is 2.53 bits per heavy atom. The first-order chi connectivity index (χ1) is 7.36. The van der Waals surface area contributed by atoms with Crippen LogP contribution in [-0.4, -0.2) is 10.5 Å². The Morgan fingerprint density at radius 2 is 1.73 bits per heavy atom. The summed E-state index contributed by atoms with van der Waals surface area (Å²) >= 11 is 0. The molecule has 2 nitrogen and oxygen atoms in total. The smallest absolute Gasteiger partial charge is 0.255 e. The number of hydrogen-bond acceptors (Lipinski definition) is 1. The second-order valence-electron chi connectivity index (χ2n) is 3.52. The van der Waals surface area contributed by atoms with Crippen LogP contribution in [0.1, 0.15) is 10.5 Å². The summed E-state index contributed by atoms with van der Waals surface area (Å²) in [6.45, 7) is 0. The molecule has 0 unspecified atom stereocenters. The molecule has 0 N–H and O–H groups in total. The number of carbonyl (C=O) groups excluding carboxylic acids is 1. The lowest BCUT2D eigenvalue weighted by atomic mass is 10.1. The van der Waals surface area contributed by atoms with Crippen LogP contribution >= 0.6 is 0 Å². The SMILES string of the molecule is O=C1C=Cc2c(-c3ccccc3)ccn21. The van der Waals surface area contributed by atoms with Gasteiger partial charge in [-0.15, -0.1) is 0 Å². The molecule has 0 saturated carbocycles. The van der Waals surface area contributed by atoms with E-state index in [0.29, 0.717) is 0 Å². The maximum absolute atomic E-state index is 11.4. The van der Waals surface area contributed by atoms with Gasteiger partial charge >= 0.3 is 0 Å². The van der Waals surface area contributed by atoms with E-state index in [1.807, 2.05) is 48.7 Å². The predicted octanol–water partition coefficient (Wildman–Crippen LogP) is 2.82. The molecular weight excluding hydrogens is 186 g/mol. The standard InChI is InChI=1S/C13H9NO/c15-13-7-6-12-11(8-9-14(12)13)10-4-2-1-3-5-10/h1-9H. The summed E-state index contributed by atoms with van der Waals surface area (Å²) in [4.78, 5) is 11.4. The van der Waals surface area contributed by atoms with E-state index >= 15 is 0 Å². The summed E-state index contributed by atoms with van der Waals surface area (Å²) in [5.74, 6) is 0.0344. The zero-order valence-corrected chi connectivity index (χ0v) is 8.05. The number of nitrogens with zero attached hydrogens (tertiary/aromatic N) is 1. The van der Waals surface area contributed by atoms with Crippen molar-refractivity contribution in [1.82, 2.24) is 4.57 Å². The van der Waals surface area contributed by atoms with Gasteiger partial charge in [-0.25, -0.2) is 0 Å². The predicted molar refractivity (Wildman–Crippen MR) is 59.5 cm³/mol. The molecule has 0 radical (unpaired) electrons. The Labute approximate surface area is 87.5 Å². The lowest BCUT2D eigenvalue weighted by molar-refractivity contribution is 0.0974. The van der Waals surface area contributed by atoms with Crippen LogP contribution in [0.25, 0.3) is 17.2 Å². The van der Waals surface area contributed by atoms with E-state index < -0.39 is 0 Å². The molecule has 1 aromatic carbocycles. The monoisotopic (exact) mass is 195 g/mol. The van der Waals surface area contributed by atoms with Gasteiger partial charge in [0.2, 0.25) is 0 Å². The maximum atomic E-state index is 11.4. The molecular formula is C13H9NO. The summed E-state index contributed by atoms with van der Waals surface area (Å²) in [5.41, 5.74) is 3.23. The summed E-state index contributed by atoms with van der Waals surface area (Å²) in [5, 5.41) is 0. The van der Waals surface area contributed by atoms with Crippen molar-refractivity contribution in [2.24, 2.45) is 0 Å². The van der Waals surface area contributed by atoms with E-state index in [1.54, 1.807) is 10.6 Å². The lowest BCUT2D eigenvalue weighted by Gasteiger charge is -1.99. The van der Waals surface area contributed by atoms with Crippen molar-refractivity contribution < 1.29 is 4.79 Å². The van der Waals surface area contributed by atoms with E-state index in [0.717, 1.165) is 16.8 Å². The minimum atomic E-state index is 0.0344. The summed E-state index contributed by atoms with van der Waals surface area (Å²) in [6.07, 6.45) is 5.28. The highest BCUT2D eigenvalue weighted by atomic mass is 16.2. The third kappa shape index (κ3) is 1.15. The van der Waals surface area contributed by atoms with E-state index in [-0.39, 0.29) is 5.91 Å². The number of benzene rings is 1. The molecule has 0 fully saturated rings. The molecule has 1 aliphatic heterocycles. The fourth-order valence-corrected chi connectivity index (χ4v) is 1.90. The second-order valence-corrected chi connectivity index (χ2v) is 3.52. The first kappa shape index (κ1) is 8.24. The van der Waals surface area contributed by atoms with Gasteiger partial charge in [-0.3, -0.25) is 9.36 Å². The van der Waals surface area contributed by atoms with Gasteiger partial charge in [0.15, 0.2) is 0 Å². The van der Waals surface area contributed by atoms with Gasteiger partial charge in [0.25, 0.3) is 5.91 Å². The highest BCUT2D eigenvalue weighted by Crippen LogP contribution is 2.28. The van der Waals surface area contributed by atoms with Crippen molar-refractivity contribution in [1.29, 1.82) is 0 Å². The van der Waals surface area contributed by atoms with Crippen LogP contribution in [0.15, 0.2) is 48.7 Å². The molecule has 3 rings (SSSR count). The maximum Gasteiger partial charge on any atom is 0.255 e. The van der Waals surface area contributed by atoms with Gasteiger partial charge < -0.3 is 0 Å². The summed E-state index contributed by atoms with van der Waals surface area (Å²) < 4.78 is 1.67. The number of rotatable bonds is 1. The molecule has 0 spiro atoms. The van der Waals surface area contributed by atoms with Crippen LogP contribution in [0.3, 0.4) is 0 Å². The molecule has 72 valence electrons. The van der Waals surface area contributed by atoms with Crippen molar-refractivity contribution in [2.45, 2.75) is 0 Å². The van der Waals surface area contributed by atoms with Crippen LogP contribution in [-0.2, 0) is 0 Å². The molecule has 2 heteroatoms. The highest BCUT2D eigenvalue weighted by molar-refractivity contribution is 6.02. The van der Waals surface area contributed by atoms with Gasteiger partial charge in [-0.2, -0.15) is 0 Å². The second kappa shape index (κ2) is 2.95. The van der Waals surface area contributed by atoms with Crippen LogP contribution in [0.2, 0.25) is 0 Å². The van der Waals surface area contributed by atoms with Crippen molar-refractivity contribution in [3.63, 3.8) is 0 Å². The number of hydrogen-bond donors (Lipinski definition) is 0. The summed E-state index contributed by atoms with van der Waals surface area (Å²) in [7, 11) is 0. The lowest BCUT2D eigenvalue weighted by Crippen LogP contribution is -2.01. The van der Waals surface area contributed by atoms with Gasteiger partial charge in [0, 0.05) is 17.8 Å². The Kier molecular flexibility index (Phi) is 1.62. The third-order valence-corrected chi connectivity index (χ3v) is 2.63. The van der Waals surface area contributed by atoms with E-state index in [2.05, 4.69) is 0 Å². The minimum absolute atomic E-state index is 0.0344. The van der Waals surface area contributed by atoms with E-state index in [4.69, 9.17) is 0 Å². The first-order valence-corrected chi connectivity index (χ1v) is 4.85. The highest BCUT2D eigenvalue weighted by Gasteiger charge is 2.16. The normalized spacial score (nSPS) is 13.2. The largest absolute Gasteiger partial charge is 0.284 e. The molecule has 0 amide bonds. The van der Waals surface area contributed by atoms with Gasteiger partial charge in [-0.1, -0.05) is 30.3 Å². The minimum Gasteiger partial charge on any atom is -0.284 e. The molecule has 1 aromatic heterocycles. The average molecular weight is 195 g/mol. The molecule has 15 heavy (non-hydrogen) atoms. The zero-order valence-electron chi connectivity index (χ0n) is 8.05. The molecule has 1 aliphatic rings. The van der Waals surface area contributed by atoms with E-state index in [1.165, 1.54) is 0 Å². The molecule has 0 aliphatic carbocycles. The molecule has 2 aromatic rings. The van der Waals surface area contributed by atoms with Gasteiger partial charge in [-0.05, 0) is 17.7 Å². The van der Waals surface area contributed by atoms with Crippen molar-refractivity contribution in [2.75, 3.05) is 0 Å². The zero-order chi connectivity index (χ0) is 10.3. The first-order valence-electron chi connectivity index (χ1n) is 4.85. The van der Waals surface area contributed by atoms with Crippen molar-refractivity contribution in [3.05, 3.63) is 54.4 Å². The number of allylic oxidation sites excluding steroid dienone is 1. The van der Waals surface area contributed by atoms with Gasteiger partial charge in [0.05, 0.1) is 5.69 Å². The van der Waals surface area contributed by atoms with Crippen LogP contribution in [0, 0.1) is 0 Å². The number of carbonyl (C=O) groups is 1. The number of aromatic nitrogens is 1. The van der Waals surface area contributed by atoms with Crippen molar-refractivity contribution in [3.8, 4) is 11.1 Å².